The monoisotopic (exact) mass is 134 g/mol. The predicted octanol–water partition coefficient (Wildman–Crippen LogP) is -0.404. The smallest absolute Gasteiger partial charge is 0.325 e. The van der Waals surface area contributed by atoms with E-state index >= 15 is 0 Å². The Morgan fingerprint density at radius 3 is 2.44 bits per heavy atom. The lowest BCUT2D eigenvalue weighted by atomic mass is 10.3. The van der Waals surface area contributed by atoms with Gasteiger partial charge in [-0.2, -0.15) is 0 Å². The van der Waals surface area contributed by atoms with Crippen LogP contribution in [0.3, 0.4) is 0 Å². The molecule has 0 heterocycles. The zero-order valence-corrected chi connectivity index (χ0v) is 4.84. The summed E-state index contributed by atoms with van der Waals surface area (Å²) >= 11 is 0. The molecule has 0 radical (unpaired) electrons. The van der Waals surface area contributed by atoms with Gasteiger partial charge in [-0.1, -0.05) is 0 Å². The second-order valence-corrected chi connectivity index (χ2v) is 1.47. The fourth-order valence-electron chi connectivity index (χ4n) is 0.265. The van der Waals surface area contributed by atoms with Crippen LogP contribution in [-0.2, 0) is 9.59 Å². The van der Waals surface area contributed by atoms with Crippen molar-refractivity contribution in [2.75, 3.05) is 0 Å². The van der Waals surface area contributed by atoms with Crippen molar-refractivity contribution in [3.63, 3.8) is 0 Å². The first-order chi connectivity index (χ1) is 5.25. The summed E-state index contributed by atoms with van der Waals surface area (Å²) in [6.07, 6.45) is 0. The number of aliphatic carboxylic acids is 1. The van der Waals surface area contributed by atoms with Crippen LogP contribution in [0.4, 0.5) is 0 Å². The summed E-state index contributed by atoms with van der Waals surface area (Å²) in [5, 5.41) is 10.2. The van der Waals surface area contributed by atoms with Gasteiger partial charge >= 0.3 is 5.97 Å². The molecule has 0 unspecified atom stereocenters. The maximum absolute atomic E-state index is 10.4. The number of amides is 1. The molecule has 52 valence electrons. The highest BCUT2D eigenvalue weighted by Crippen LogP contribution is 1.78. The Morgan fingerprint density at radius 1 is 1.78 bits per heavy atom. The third kappa shape index (κ3) is 3.52. The minimum Gasteiger partial charge on any atom is -0.480 e. The third-order valence-electron chi connectivity index (χ3n) is 0.595. The van der Waals surface area contributed by atoms with Crippen molar-refractivity contribution < 1.29 is 18.8 Å². The van der Waals surface area contributed by atoms with Crippen LogP contribution < -0.4 is 5.32 Å². The lowest BCUT2D eigenvalue weighted by molar-refractivity contribution is -0.140. The highest BCUT2D eigenvalue weighted by atomic mass is 16.4. The quantitative estimate of drug-likeness (QED) is 0.539. The molecule has 0 aliphatic heterocycles. The molecular weight excluding hydrogens is 122 g/mol. The first-order valence-corrected chi connectivity index (χ1v) is 2.25. The lowest BCUT2D eigenvalue weighted by Gasteiger charge is -2.04. The summed E-state index contributed by atoms with van der Waals surface area (Å²) in [6.45, 7) is -1.65. The van der Waals surface area contributed by atoms with E-state index in [4.69, 9.17) is 9.22 Å². The van der Waals surface area contributed by atoms with Crippen LogP contribution in [0.1, 0.15) is 17.9 Å². The van der Waals surface area contributed by atoms with Gasteiger partial charge in [0.2, 0.25) is 5.91 Å². The number of carbonyl (C=O) groups is 2. The van der Waals surface area contributed by atoms with Crippen molar-refractivity contribution >= 4 is 11.9 Å². The Bertz CT molecular complexity index is 201. The topological polar surface area (TPSA) is 66.4 Å². The Kier molecular flexibility index (Phi) is 1.32. The van der Waals surface area contributed by atoms with Gasteiger partial charge in [0.1, 0.15) is 6.04 Å². The minimum atomic E-state index is -2.71. The highest BCUT2D eigenvalue weighted by molar-refractivity contribution is 5.81. The van der Waals surface area contributed by atoms with E-state index in [1.165, 1.54) is 0 Å². The van der Waals surface area contributed by atoms with Crippen molar-refractivity contribution in [2.45, 2.75) is 19.8 Å². The summed E-state index contributed by atoms with van der Waals surface area (Å²) in [5.74, 6) is -2.25. The summed E-state index contributed by atoms with van der Waals surface area (Å²) in [7, 11) is 0. The maximum Gasteiger partial charge on any atom is 0.325 e. The summed E-state index contributed by atoms with van der Waals surface area (Å²) in [5.41, 5.74) is 0. The number of rotatable bonds is 2. The van der Waals surface area contributed by atoms with E-state index in [0.717, 1.165) is 6.92 Å². The van der Waals surface area contributed by atoms with E-state index in [0.29, 0.717) is 0 Å². The van der Waals surface area contributed by atoms with E-state index < -0.39 is 24.8 Å². The summed E-state index contributed by atoms with van der Waals surface area (Å²) < 4.78 is 20.3. The molecule has 2 N–H and O–H groups in total. The molecule has 0 aliphatic rings. The molecular formula is C5H9NO3. The number of carboxylic acids is 1. The molecule has 0 aromatic rings. The van der Waals surface area contributed by atoms with Gasteiger partial charge in [0.15, 0.2) is 0 Å². The van der Waals surface area contributed by atoms with Crippen molar-refractivity contribution in [2.24, 2.45) is 0 Å². The molecule has 0 saturated carbocycles. The maximum atomic E-state index is 10.4. The van der Waals surface area contributed by atoms with Gasteiger partial charge in [0.25, 0.3) is 0 Å². The molecule has 1 amide bonds. The molecule has 9 heavy (non-hydrogen) atoms. The molecule has 0 rings (SSSR count). The van der Waals surface area contributed by atoms with E-state index in [1.807, 2.05) is 5.32 Å². The molecule has 4 heteroatoms. The molecule has 1 atom stereocenters. The normalized spacial score (nSPS) is 18.6. The molecule has 0 aromatic heterocycles. The van der Waals surface area contributed by atoms with E-state index in [1.54, 1.807) is 0 Å². The lowest BCUT2D eigenvalue weighted by Crippen LogP contribution is -2.36. The largest absolute Gasteiger partial charge is 0.480 e. The average Bonchev–Trinajstić information content (AvgIpc) is 1.79. The molecule has 0 aliphatic carbocycles. The predicted molar refractivity (Wildman–Crippen MR) is 30.9 cm³/mol. The van der Waals surface area contributed by atoms with Crippen LogP contribution in [0.25, 0.3) is 0 Å². The first-order valence-electron chi connectivity index (χ1n) is 3.75. The Balaban J connectivity index is 4.46. The summed E-state index contributed by atoms with van der Waals surface area (Å²) in [4.78, 5) is 20.7. The Morgan fingerprint density at radius 2 is 2.33 bits per heavy atom. The van der Waals surface area contributed by atoms with Crippen LogP contribution >= 0.6 is 0 Å². The van der Waals surface area contributed by atoms with E-state index in [9.17, 15) is 9.59 Å². The fraction of sp³-hybridized carbons (Fsp3) is 0.600. The summed E-state index contributed by atoms with van der Waals surface area (Å²) in [6, 6.07) is -1.82. The van der Waals surface area contributed by atoms with Crippen LogP contribution in [0.2, 0.25) is 0 Å². The highest BCUT2D eigenvalue weighted by Gasteiger charge is 2.09. The zero-order chi connectivity index (χ0) is 9.94. The average molecular weight is 134 g/mol. The first kappa shape index (κ1) is 3.87. The number of carbonyl (C=O) groups excluding carboxylic acids is 1. The molecule has 0 saturated heterocycles. The number of carboxylic acid groups (broad SMARTS) is 1. The van der Waals surface area contributed by atoms with Crippen LogP contribution in [0.5, 0.6) is 0 Å². The van der Waals surface area contributed by atoms with E-state index in [-0.39, 0.29) is 0 Å². The van der Waals surface area contributed by atoms with Crippen LogP contribution in [0.15, 0.2) is 0 Å². The Hall–Kier alpha value is -1.06. The molecule has 4 nitrogen and oxygen atoms in total. The van der Waals surface area contributed by atoms with Crippen molar-refractivity contribution in [1.29, 1.82) is 0 Å². The van der Waals surface area contributed by atoms with Gasteiger partial charge in [-0.3, -0.25) is 9.59 Å². The van der Waals surface area contributed by atoms with Gasteiger partial charge in [-0.05, 0) is 6.85 Å². The fourth-order valence-corrected chi connectivity index (χ4v) is 0.265. The zero-order valence-electron chi connectivity index (χ0n) is 7.84. The Labute approximate surface area is 57.1 Å². The second kappa shape index (κ2) is 3.06. The minimum absolute atomic E-state index is 0.682. The van der Waals surface area contributed by atoms with Crippen molar-refractivity contribution in [3.8, 4) is 0 Å². The standard InChI is InChI=1S/C5H9NO3/c1-3(5(8)9)6-4(2)7/h3H,1-2H3,(H,6,7)(H,8,9)/t3-/m0/s1/i1D3. The molecule has 0 fully saturated rings. The number of hydrogen-bond acceptors (Lipinski definition) is 2. The second-order valence-electron chi connectivity index (χ2n) is 1.47. The van der Waals surface area contributed by atoms with Gasteiger partial charge in [-0.15, -0.1) is 0 Å². The van der Waals surface area contributed by atoms with Gasteiger partial charge in [0, 0.05) is 11.0 Å². The van der Waals surface area contributed by atoms with Gasteiger partial charge < -0.3 is 10.4 Å². The SMILES string of the molecule is [2H]C([2H])([2H])[C@H](NC(C)=O)C(=O)O. The van der Waals surface area contributed by atoms with Crippen LogP contribution in [0, 0.1) is 0 Å². The molecule has 0 bridgehead atoms. The number of nitrogens with one attached hydrogen (secondary N) is 1. The van der Waals surface area contributed by atoms with Crippen molar-refractivity contribution in [1.82, 2.24) is 5.32 Å². The van der Waals surface area contributed by atoms with Crippen molar-refractivity contribution in [3.05, 3.63) is 0 Å². The van der Waals surface area contributed by atoms with Gasteiger partial charge in [-0.25, -0.2) is 0 Å². The number of hydrogen-bond donors (Lipinski definition) is 2. The van der Waals surface area contributed by atoms with Crippen LogP contribution in [-0.4, -0.2) is 23.0 Å². The van der Waals surface area contributed by atoms with Gasteiger partial charge in [0.05, 0.1) is 0 Å². The molecule has 0 aromatic carbocycles. The third-order valence-corrected chi connectivity index (χ3v) is 0.595. The molecule has 0 spiro atoms. The van der Waals surface area contributed by atoms with E-state index in [2.05, 4.69) is 0 Å².